The molecule has 1 aromatic heterocycles. The third-order valence-corrected chi connectivity index (χ3v) is 3.16. The quantitative estimate of drug-likeness (QED) is 0.795. The lowest BCUT2D eigenvalue weighted by atomic mass is 10.00. The van der Waals surface area contributed by atoms with Gasteiger partial charge in [-0.15, -0.1) is 0 Å². The van der Waals surface area contributed by atoms with Crippen molar-refractivity contribution in [2.24, 2.45) is 5.92 Å². The van der Waals surface area contributed by atoms with E-state index < -0.39 is 0 Å². The summed E-state index contributed by atoms with van der Waals surface area (Å²) in [6.07, 6.45) is 4.47. The van der Waals surface area contributed by atoms with Gasteiger partial charge in [0.25, 0.3) is 0 Å². The van der Waals surface area contributed by atoms with E-state index in [-0.39, 0.29) is 11.3 Å². The van der Waals surface area contributed by atoms with E-state index in [2.05, 4.69) is 30.7 Å². The average molecular weight is 258 g/mol. The minimum absolute atomic E-state index is 0.107. The lowest BCUT2D eigenvalue weighted by molar-refractivity contribution is 0.165. The molecule has 2 atom stereocenters. The molecule has 4 nitrogen and oxygen atoms in total. The van der Waals surface area contributed by atoms with Crippen LogP contribution in [0.15, 0.2) is 6.33 Å². The Balaban J connectivity index is 2.73. The van der Waals surface area contributed by atoms with Gasteiger partial charge in [-0.1, -0.05) is 38.8 Å². The molecule has 0 spiro atoms. The zero-order chi connectivity index (χ0) is 12.8. The smallest absolute Gasteiger partial charge is 0.199 e. The van der Waals surface area contributed by atoms with Crippen molar-refractivity contribution < 1.29 is 4.74 Å². The molecule has 0 aliphatic carbocycles. The van der Waals surface area contributed by atoms with Gasteiger partial charge in [0.1, 0.15) is 6.33 Å². The van der Waals surface area contributed by atoms with Crippen LogP contribution in [0.3, 0.4) is 0 Å². The molecule has 0 saturated carbocycles. The number of nitrogen functional groups attached to an aromatic ring is 1. The highest BCUT2D eigenvalue weighted by Crippen LogP contribution is 2.29. The summed E-state index contributed by atoms with van der Waals surface area (Å²) < 4.78 is 5.82. The van der Waals surface area contributed by atoms with E-state index in [0.717, 1.165) is 19.3 Å². The second kappa shape index (κ2) is 6.64. The third-order valence-electron chi connectivity index (χ3n) is 2.89. The van der Waals surface area contributed by atoms with E-state index in [4.69, 9.17) is 22.1 Å². The van der Waals surface area contributed by atoms with E-state index in [1.54, 1.807) is 0 Å². The molecule has 1 heterocycles. The second-order valence-electron chi connectivity index (χ2n) is 4.28. The van der Waals surface area contributed by atoms with Crippen molar-refractivity contribution >= 4 is 17.4 Å². The summed E-state index contributed by atoms with van der Waals surface area (Å²) >= 11 is 5.94. The number of hydrogen-bond donors (Lipinski definition) is 1. The van der Waals surface area contributed by atoms with E-state index in [1.165, 1.54) is 6.33 Å². The second-order valence-corrected chi connectivity index (χ2v) is 4.63. The topological polar surface area (TPSA) is 61.0 Å². The fourth-order valence-electron chi connectivity index (χ4n) is 1.55. The summed E-state index contributed by atoms with van der Waals surface area (Å²) in [5, 5.41) is 0.278. The number of nitrogens with zero attached hydrogens (tertiary/aromatic N) is 2. The van der Waals surface area contributed by atoms with Crippen LogP contribution in [0.2, 0.25) is 5.15 Å². The van der Waals surface area contributed by atoms with Crippen LogP contribution in [0.25, 0.3) is 0 Å². The Morgan fingerprint density at radius 3 is 2.59 bits per heavy atom. The molecule has 17 heavy (non-hydrogen) atoms. The van der Waals surface area contributed by atoms with Gasteiger partial charge in [-0.2, -0.15) is 0 Å². The first-order chi connectivity index (χ1) is 8.08. The predicted molar refractivity (Wildman–Crippen MR) is 70.2 cm³/mol. The Morgan fingerprint density at radius 2 is 2.06 bits per heavy atom. The molecule has 0 aromatic carbocycles. The fraction of sp³-hybridized carbons (Fsp3) is 0.667. The number of rotatable bonds is 6. The predicted octanol–water partition coefficient (Wildman–Crippen LogP) is 3.31. The van der Waals surface area contributed by atoms with Gasteiger partial charge < -0.3 is 10.5 Å². The molecule has 2 N–H and O–H groups in total. The molecule has 0 fully saturated rings. The summed E-state index contributed by atoms with van der Waals surface area (Å²) in [5.74, 6) is 1.32. The Labute approximate surface area is 108 Å². The molecule has 2 unspecified atom stereocenters. The van der Waals surface area contributed by atoms with Crippen LogP contribution in [0, 0.1) is 5.92 Å². The minimum Gasteiger partial charge on any atom is -0.484 e. The highest BCUT2D eigenvalue weighted by atomic mass is 35.5. The Kier molecular flexibility index (Phi) is 5.48. The molecule has 0 amide bonds. The zero-order valence-electron chi connectivity index (χ0n) is 10.6. The molecule has 5 heteroatoms. The monoisotopic (exact) mass is 257 g/mol. The molecule has 0 saturated heterocycles. The van der Waals surface area contributed by atoms with Gasteiger partial charge in [-0.3, -0.25) is 0 Å². The fourth-order valence-corrected chi connectivity index (χ4v) is 1.74. The summed E-state index contributed by atoms with van der Waals surface area (Å²) in [6, 6.07) is 0. The first kappa shape index (κ1) is 14.0. The number of nitrogens with two attached hydrogens (primary N) is 1. The van der Waals surface area contributed by atoms with Crippen molar-refractivity contribution in [1.29, 1.82) is 0 Å². The minimum atomic E-state index is 0.107. The molecule has 1 aromatic rings. The number of hydrogen-bond acceptors (Lipinski definition) is 4. The average Bonchev–Trinajstić information content (AvgIpc) is 2.32. The van der Waals surface area contributed by atoms with Gasteiger partial charge in [0, 0.05) is 0 Å². The van der Waals surface area contributed by atoms with Gasteiger partial charge in [-0.25, -0.2) is 9.97 Å². The summed E-state index contributed by atoms with van der Waals surface area (Å²) in [4.78, 5) is 7.76. The normalized spacial score (nSPS) is 14.4. The summed E-state index contributed by atoms with van der Waals surface area (Å²) in [5.41, 5.74) is 5.73. The van der Waals surface area contributed by atoms with Crippen molar-refractivity contribution in [3.8, 4) is 5.75 Å². The van der Waals surface area contributed by atoms with Gasteiger partial charge in [-0.05, 0) is 18.8 Å². The highest BCUT2D eigenvalue weighted by Gasteiger charge is 2.16. The molecule has 0 radical (unpaired) electrons. The van der Waals surface area contributed by atoms with Crippen LogP contribution in [0.1, 0.15) is 40.0 Å². The Hall–Kier alpha value is -1.03. The summed E-state index contributed by atoms with van der Waals surface area (Å²) in [7, 11) is 0. The van der Waals surface area contributed by atoms with Crippen LogP contribution in [-0.2, 0) is 0 Å². The van der Waals surface area contributed by atoms with Gasteiger partial charge in [0.2, 0.25) is 0 Å². The largest absolute Gasteiger partial charge is 0.484 e. The van der Waals surface area contributed by atoms with Crippen molar-refractivity contribution in [3.05, 3.63) is 11.5 Å². The highest BCUT2D eigenvalue weighted by molar-refractivity contribution is 6.31. The van der Waals surface area contributed by atoms with Crippen LogP contribution in [-0.4, -0.2) is 16.1 Å². The van der Waals surface area contributed by atoms with Crippen molar-refractivity contribution in [3.63, 3.8) is 0 Å². The van der Waals surface area contributed by atoms with Crippen molar-refractivity contribution in [1.82, 2.24) is 9.97 Å². The number of halogens is 1. The lowest BCUT2D eigenvalue weighted by Gasteiger charge is -2.21. The first-order valence-electron chi connectivity index (χ1n) is 6.01. The van der Waals surface area contributed by atoms with E-state index in [0.29, 0.717) is 17.5 Å². The Morgan fingerprint density at radius 1 is 1.35 bits per heavy atom. The van der Waals surface area contributed by atoms with Crippen molar-refractivity contribution in [2.75, 3.05) is 5.73 Å². The van der Waals surface area contributed by atoms with Gasteiger partial charge in [0.15, 0.2) is 16.7 Å². The van der Waals surface area contributed by atoms with Crippen LogP contribution >= 0.6 is 11.6 Å². The first-order valence-corrected chi connectivity index (χ1v) is 6.38. The van der Waals surface area contributed by atoms with Crippen LogP contribution < -0.4 is 10.5 Å². The van der Waals surface area contributed by atoms with E-state index >= 15 is 0 Å². The lowest BCUT2D eigenvalue weighted by Crippen LogP contribution is -2.20. The molecule has 1 rings (SSSR count). The van der Waals surface area contributed by atoms with Gasteiger partial charge in [0.05, 0.1) is 6.10 Å². The SMILES string of the molecule is CCC(C)CC(CC)Oc1c(N)ncnc1Cl. The Bertz CT molecular complexity index is 339. The molecular formula is C12H20ClN3O. The number of anilines is 1. The maximum Gasteiger partial charge on any atom is 0.199 e. The third kappa shape index (κ3) is 4.04. The molecule has 0 bridgehead atoms. The number of ether oxygens (including phenoxy) is 1. The van der Waals surface area contributed by atoms with Crippen molar-refractivity contribution in [2.45, 2.75) is 46.1 Å². The van der Waals surface area contributed by atoms with Crippen LogP contribution in [0.4, 0.5) is 5.82 Å². The zero-order valence-corrected chi connectivity index (χ0v) is 11.4. The van der Waals surface area contributed by atoms with E-state index in [1.807, 2.05) is 0 Å². The van der Waals surface area contributed by atoms with E-state index in [9.17, 15) is 0 Å². The molecule has 0 aliphatic heterocycles. The maximum atomic E-state index is 5.94. The summed E-state index contributed by atoms with van der Waals surface area (Å²) in [6.45, 7) is 6.46. The van der Waals surface area contributed by atoms with Gasteiger partial charge >= 0.3 is 0 Å². The molecular weight excluding hydrogens is 238 g/mol. The molecule has 0 aliphatic rings. The maximum absolute atomic E-state index is 5.94. The standard InChI is InChI=1S/C12H20ClN3O/c1-4-8(3)6-9(5-2)17-10-11(13)15-7-16-12(10)14/h7-9H,4-6H2,1-3H3,(H2,14,15,16). The number of aromatic nitrogens is 2. The van der Waals surface area contributed by atoms with Crippen LogP contribution in [0.5, 0.6) is 5.75 Å². The molecule has 96 valence electrons.